The van der Waals surface area contributed by atoms with Gasteiger partial charge < -0.3 is 15.2 Å². The molecule has 0 saturated carbocycles. The summed E-state index contributed by atoms with van der Waals surface area (Å²) < 4.78 is 1.00. The van der Waals surface area contributed by atoms with Crippen LogP contribution < -0.4 is 5.32 Å². The van der Waals surface area contributed by atoms with Crippen molar-refractivity contribution in [1.29, 1.82) is 0 Å². The summed E-state index contributed by atoms with van der Waals surface area (Å²) in [4.78, 5) is 30.8. The van der Waals surface area contributed by atoms with E-state index in [0.29, 0.717) is 18.1 Å². The number of nitrogens with zero attached hydrogens (tertiary/aromatic N) is 1. The first-order valence-electron chi connectivity index (χ1n) is 9.18. The van der Waals surface area contributed by atoms with Crippen LogP contribution in [-0.4, -0.2) is 34.3 Å². The third-order valence-corrected chi connectivity index (χ3v) is 6.67. The summed E-state index contributed by atoms with van der Waals surface area (Å²) in [5, 5.41) is 4.32. The fourth-order valence-corrected chi connectivity index (χ4v) is 4.53. The minimum absolute atomic E-state index is 0.133. The van der Waals surface area contributed by atoms with Crippen molar-refractivity contribution in [2.24, 2.45) is 0 Å². The van der Waals surface area contributed by atoms with Crippen molar-refractivity contribution < 1.29 is 9.59 Å². The van der Waals surface area contributed by atoms with Crippen LogP contribution in [0.25, 0.3) is 10.9 Å². The molecule has 1 aliphatic rings. The van der Waals surface area contributed by atoms with Gasteiger partial charge in [0.2, 0.25) is 5.91 Å². The highest BCUT2D eigenvalue weighted by atomic mass is 79.9. The van der Waals surface area contributed by atoms with Crippen LogP contribution in [-0.2, 0) is 17.8 Å². The Hall–Kier alpha value is -2.02. The van der Waals surface area contributed by atoms with Gasteiger partial charge in [0.25, 0.3) is 5.91 Å². The standard InChI is InChI=1S/C21H18BrCl2N3O2/c1-11(25-20(28)13-5-3-7-16(23)18(13)24)21(29)27-9-8-17-14(10-27)12-4-2-6-15(22)19(12)26-17/h2-7,11,26H,8-10H2,1H3,(H,25,28). The van der Waals surface area contributed by atoms with E-state index in [9.17, 15) is 9.59 Å². The van der Waals surface area contributed by atoms with Gasteiger partial charge in [-0.25, -0.2) is 0 Å². The Morgan fingerprint density at radius 2 is 1.97 bits per heavy atom. The van der Waals surface area contributed by atoms with Crippen LogP contribution >= 0.6 is 39.1 Å². The molecule has 1 atom stereocenters. The summed E-state index contributed by atoms with van der Waals surface area (Å²) in [6.45, 7) is 2.77. The van der Waals surface area contributed by atoms with Gasteiger partial charge in [0.1, 0.15) is 6.04 Å². The smallest absolute Gasteiger partial charge is 0.253 e. The minimum Gasteiger partial charge on any atom is -0.357 e. The molecule has 0 fully saturated rings. The average Bonchev–Trinajstić information content (AvgIpc) is 3.08. The average molecular weight is 495 g/mol. The first kappa shape index (κ1) is 20.3. The molecular formula is C21H18BrCl2N3O2. The van der Waals surface area contributed by atoms with Gasteiger partial charge in [0.15, 0.2) is 0 Å². The van der Waals surface area contributed by atoms with Crippen molar-refractivity contribution in [3.05, 3.63) is 67.7 Å². The molecule has 0 radical (unpaired) electrons. The lowest BCUT2D eigenvalue weighted by molar-refractivity contribution is -0.133. The monoisotopic (exact) mass is 493 g/mol. The second-order valence-corrected chi connectivity index (χ2v) is 8.69. The van der Waals surface area contributed by atoms with E-state index >= 15 is 0 Å². The molecule has 2 N–H and O–H groups in total. The van der Waals surface area contributed by atoms with E-state index in [1.54, 1.807) is 30.0 Å². The zero-order valence-electron chi connectivity index (χ0n) is 15.6. The van der Waals surface area contributed by atoms with Gasteiger partial charge >= 0.3 is 0 Å². The van der Waals surface area contributed by atoms with Crippen LogP contribution in [0.5, 0.6) is 0 Å². The zero-order valence-corrected chi connectivity index (χ0v) is 18.7. The third-order valence-electron chi connectivity index (χ3n) is 5.19. The highest BCUT2D eigenvalue weighted by Crippen LogP contribution is 2.32. The van der Waals surface area contributed by atoms with Crippen LogP contribution in [0.3, 0.4) is 0 Å². The summed E-state index contributed by atoms with van der Waals surface area (Å²) in [6.07, 6.45) is 0.739. The number of para-hydroxylation sites is 1. The van der Waals surface area contributed by atoms with Gasteiger partial charge in [-0.1, -0.05) is 41.4 Å². The van der Waals surface area contributed by atoms with Crippen LogP contribution in [0, 0.1) is 0 Å². The Bertz CT molecular complexity index is 1130. The molecule has 29 heavy (non-hydrogen) atoms. The Morgan fingerprint density at radius 1 is 1.21 bits per heavy atom. The second-order valence-electron chi connectivity index (χ2n) is 7.05. The van der Waals surface area contributed by atoms with Crippen molar-refractivity contribution in [2.75, 3.05) is 6.54 Å². The number of halogens is 3. The van der Waals surface area contributed by atoms with Crippen molar-refractivity contribution in [2.45, 2.75) is 25.9 Å². The molecule has 8 heteroatoms. The third kappa shape index (κ3) is 3.77. The molecule has 1 aromatic heterocycles. The number of amides is 2. The van der Waals surface area contributed by atoms with Crippen molar-refractivity contribution in [3.63, 3.8) is 0 Å². The van der Waals surface area contributed by atoms with Crippen LogP contribution in [0.4, 0.5) is 0 Å². The lowest BCUT2D eigenvalue weighted by atomic mass is 10.0. The number of hydrogen-bond acceptors (Lipinski definition) is 2. The van der Waals surface area contributed by atoms with Gasteiger partial charge in [0.05, 0.1) is 21.1 Å². The summed E-state index contributed by atoms with van der Waals surface area (Å²) in [5.41, 5.74) is 3.57. The van der Waals surface area contributed by atoms with Crippen molar-refractivity contribution in [1.82, 2.24) is 15.2 Å². The Morgan fingerprint density at radius 3 is 2.76 bits per heavy atom. The molecule has 0 aliphatic carbocycles. The van der Waals surface area contributed by atoms with E-state index < -0.39 is 11.9 Å². The number of H-pyrrole nitrogens is 1. The molecular weight excluding hydrogens is 477 g/mol. The van der Waals surface area contributed by atoms with E-state index in [1.807, 2.05) is 12.1 Å². The fraction of sp³-hybridized carbons (Fsp3) is 0.238. The Labute approximate surface area is 186 Å². The van der Waals surface area contributed by atoms with Gasteiger partial charge in [-0.15, -0.1) is 0 Å². The highest BCUT2D eigenvalue weighted by molar-refractivity contribution is 9.10. The van der Waals surface area contributed by atoms with Crippen LogP contribution in [0.2, 0.25) is 10.0 Å². The predicted molar refractivity (Wildman–Crippen MR) is 119 cm³/mol. The fourth-order valence-electron chi connectivity index (χ4n) is 3.68. The van der Waals surface area contributed by atoms with Crippen molar-refractivity contribution in [3.8, 4) is 0 Å². The van der Waals surface area contributed by atoms with Gasteiger partial charge in [-0.2, -0.15) is 0 Å². The number of rotatable bonds is 3. The Kier molecular flexibility index (Phi) is 5.60. The number of hydrogen-bond donors (Lipinski definition) is 2. The summed E-state index contributed by atoms with van der Waals surface area (Å²) >= 11 is 15.7. The minimum atomic E-state index is -0.684. The molecule has 2 amide bonds. The molecule has 0 spiro atoms. The molecule has 4 rings (SSSR count). The lowest BCUT2D eigenvalue weighted by Crippen LogP contribution is -2.48. The van der Waals surface area contributed by atoms with Crippen LogP contribution in [0.1, 0.15) is 28.5 Å². The zero-order chi connectivity index (χ0) is 20.7. The number of nitrogens with one attached hydrogen (secondary N) is 2. The van der Waals surface area contributed by atoms with E-state index in [-0.39, 0.29) is 16.5 Å². The maximum absolute atomic E-state index is 13.0. The number of aromatic amines is 1. The van der Waals surface area contributed by atoms with Gasteiger partial charge in [0, 0.05) is 40.6 Å². The maximum Gasteiger partial charge on any atom is 0.253 e. The molecule has 3 aromatic rings. The second kappa shape index (κ2) is 8.01. The van der Waals surface area contributed by atoms with E-state index in [1.165, 1.54) is 0 Å². The normalized spacial score (nSPS) is 14.6. The van der Waals surface area contributed by atoms with Crippen molar-refractivity contribution >= 4 is 61.8 Å². The molecule has 150 valence electrons. The quantitative estimate of drug-likeness (QED) is 0.541. The van der Waals surface area contributed by atoms with E-state index in [0.717, 1.165) is 33.1 Å². The molecule has 1 unspecified atom stereocenters. The molecule has 0 saturated heterocycles. The molecule has 5 nitrogen and oxygen atoms in total. The maximum atomic E-state index is 13.0. The summed E-state index contributed by atoms with van der Waals surface area (Å²) in [5.74, 6) is -0.557. The SMILES string of the molecule is CC(NC(=O)c1cccc(Cl)c1Cl)C(=O)N1CCc2[nH]c3c(Br)cccc3c2C1. The summed E-state index contributed by atoms with van der Waals surface area (Å²) in [7, 11) is 0. The molecule has 2 heterocycles. The largest absolute Gasteiger partial charge is 0.357 e. The Balaban J connectivity index is 1.50. The molecule has 2 aromatic carbocycles. The first-order chi connectivity index (χ1) is 13.9. The topological polar surface area (TPSA) is 65.2 Å². The van der Waals surface area contributed by atoms with E-state index in [4.69, 9.17) is 23.2 Å². The summed E-state index contributed by atoms with van der Waals surface area (Å²) in [6, 6.07) is 10.2. The predicted octanol–water partition coefficient (Wildman–Crippen LogP) is 4.94. The number of benzene rings is 2. The number of aromatic nitrogens is 1. The highest BCUT2D eigenvalue weighted by Gasteiger charge is 2.28. The van der Waals surface area contributed by atoms with Gasteiger partial charge in [-0.3, -0.25) is 9.59 Å². The first-order valence-corrected chi connectivity index (χ1v) is 10.7. The van der Waals surface area contributed by atoms with E-state index in [2.05, 4.69) is 32.3 Å². The lowest BCUT2D eigenvalue weighted by Gasteiger charge is -2.30. The van der Waals surface area contributed by atoms with Crippen LogP contribution in [0.15, 0.2) is 40.9 Å². The number of carbonyl (C=O) groups is 2. The molecule has 0 bridgehead atoms. The molecule has 1 aliphatic heterocycles. The number of carbonyl (C=O) groups excluding carboxylic acids is 2. The van der Waals surface area contributed by atoms with Gasteiger partial charge in [-0.05, 0) is 41.1 Å². The number of fused-ring (bicyclic) bond motifs is 3.